The summed E-state index contributed by atoms with van der Waals surface area (Å²) in [6.45, 7) is 1.97. The maximum absolute atomic E-state index is 12.2. The number of nitrogens with zero attached hydrogens (tertiary/aromatic N) is 1. The van der Waals surface area contributed by atoms with Gasteiger partial charge in [0.1, 0.15) is 11.6 Å². The lowest BCUT2D eigenvalue weighted by Crippen LogP contribution is -2.41. The van der Waals surface area contributed by atoms with E-state index in [4.69, 9.17) is 5.11 Å². The van der Waals surface area contributed by atoms with Gasteiger partial charge in [0.05, 0.1) is 0 Å². The molecule has 1 rings (SSSR count). The Labute approximate surface area is 130 Å². The Bertz CT molecular complexity index is 561. The Balaban J connectivity index is 2.88. The lowest BCUT2D eigenvalue weighted by molar-refractivity contribution is -0.154. The molecule has 1 amide bonds. The van der Waals surface area contributed by atoms with E-state index in [9.17, 15) is 22.8 Å². The number of carboxylic acid groups (broad SMARTS) is 1. The normalized spacial score (nSPS) is 12.8. The fraction of sp³-hybridized carbons (Fsp3) is 0.500. The summed E-state index contributed by atoms with van der Waals surface area (Å²) in [7, 11) is 0. The van der Waals surface area contributed by atoms with Crippen LogP contribution in [0.25, 0.3) is 0 Å². The SMILES string of the molecule is CC(C)C[C@@H](NC(=O)c1cccnc1OCC(F)(F)F)C(=O)O. The Morgan fingerprint density at radius 1 is 1.39 bits per heavy atom. The number of amides is 1. The van der Waals surface area contributed by atoms with Crippen molar-refractivity contribution in [3.63, 3.8) is 0 Å². The molecule has 0 aliphatic carbocycles. The lowest BCUT2D eigenvalue weighted by Gasteiger charge is -2.17. The molecule has 0 aliphatic heterocycles. The van der Waals surface area contributed by atoms with E-state index >= 15 is 0 Å². The van der Waals surface area contributed by atoms with Crippen LogP contribution in [0.15, 0.2) is 18.3 Å². The molecule has 0 saturated heterocycles. The number of pyridine rings is 1. The van der Waals surface area contributed by atoms with Crippen LogP contribution in [0.5, 0.6) is 5.88 Å². The van der Waals surface area contributed by atoms with E-state index in [2.05, 4.69) is 15.0 Å². The van der Waals surface area contributed by atoms with Crippen molar-refractivity contribution in [2.24, 2.45) is 5.92 Å². The van der Waals surface area contributed by atoms with E-state index in [1.54, 1.807) is 13.8 Å². The molecular formula is C14H17F3N2O4. The molecule has 0 bridgehead atoms. The summed E-state index contributed by atoms with van der Waals surface area (Å²) < 4.78 is 41.1. The van der Waals surface area contributed by atoms with Crippen molar-refractivity contribution in [3.05, 3.63) is 23.9 Å². The summed E-state index contributed by atoms with van der Waals surface area (Å²) >= 11 is 0. The maximum Gasteiger partial charge on any atom is 0.422 e. The first-order valence-corrected chi connectivity index (χ1v) is 6.78. The first-order valence-electron chi connectivity index (χ1n) is 6.78. The molecule has 0 aromatic carbocycles. The van der Waals surface area contributed by atoms with Crippen molar-refractivity contribution in [3.8, 4) is 5.88 Å². The molecule has 23 heavy (non-hydrogen) atoms. The smallest absolute Gasteiger partial charge is 0.422 e. The van der Waals surface area contributed by atoms with Gasteiger partial charge in [0, 0.05) is 6.20 Å². The van der Waals surface area contributed by atoms with Gasteiger partial charge in [0.15, 0.2) is 6.61 Å². The zero-order valence-corrected chi connectivity index (χ0v) is 12.6. The van der Waals surface area contributed by atoms with Crippen molar-refractivity contribution < 1.29 is 32.6 Å². The lowest BCUT2D eigenvalue weighted by atomic mass is 10.0. The van der Waals surface area contributed by atoms with Crippen LogP contribution in [0, 0.1) is 5.92 Å². The zero-order valence-electron chi connectivity index (χ0n) is 12.6. The van der Waals surface area contributed by atoms with Gasteiger partial charge in [-0.1, -0.05) is 13.8 Å². The average Bonchev–Trinajstić information content (AvgIpc) is 2.43. The second-order valence-electron chi connectivity index (χ2n) is 5.25. The number of alkyl halides is 3. The maximum atomic E-state index is 12.2. The molecule has 1 atom stereocenters. The second-order valence-corrected chi connectivity index (χ2v) is 5.25. The molecule has 1 aromatic heterocycles. The Morgan fingerprint density at radius 3 is 2.57 bits per heavy atom. The monoisotopic (exact) mass is 334 g/mol. The zero-order chi connectivity index (χ0) is 17.6. The number of carboxylic acids is 1. The molecule has 128 valence electrons. The van der Waals surface area contributed by atoms with Crippen LogP contribution < -0.4 is 10.1 Å². The third-order valence-electron chi connectivity index (χ3n) is 2.70. The number of carbonyl (C=O) groups excluding carboxylic acids is 1. The van der Waals surface area contributed by atoms with Crippen LogP contribution in [0.1, 0.15) is 30.6 Å². The summed E-state index contributed by atoms with van der Waals surface area (Å²) in [6, 6.07) is 1.40. The van der Waals surface area contributed by atoms with E-state index < -0.39 is 36.6 Å². The first kappa shape index (κ1) is 18.7. The average molecular weight is 334 g/mol. The summed E-state index contributed by atoms with van der Waals surface area (Å²) in [6.07, 6.45) is -3.22. The Kier molecular flexibility index (Phi) is 6.35. The number of nitrogens with one attached hydrogen (secondary N) is 1. The number of rotatable bonds is 7. The number of aromatic nitrogens is 1. The quantitative estimate of drug-likeness (QED) is 0.798. The van der Waals surface area contributed by atoms with E-state index in [0.29, 0.717) is 0 Å². The van der Waals surface area contributed by atoms with E-state index in [1.807, 2.05) is 0 Å². The van der Waals surface area contributed by atoms with E-state index in [-0.39, 0.29) is 17.9 Å². The highest BCUT2D eigenvalue weighted by Crippen LogP contribution is 2.20. The molecule has 0 radical (unpaired) electrons. The number of aliphatic carboxylic acids is 1. The van der Waals surface area contributed by atoms with Crippen molar-refractivity contribution >= 4 is 11.9 Å². The number of hydrogen-bond donors (Lipinski definition) is 2. The van der Waals surface area contributed by atoms with Crippen LogP contribution in [0.2, 0.25) is 0 Å². The van der Waals surface area contributed by atoms with Gasteiger partial charge < -0.3 is 15.2 Å². The molecular weight excluding hydrogens is 317 g/mol. The summed E-state index contributed by atoms with van der Waals surface area (Å²) in [4.78, 5) is 26.8. The first-order chi connectivity index (χ1) is 10.6. The number of hydrogen-bond acceptors (Lipinski definition) is 4. The molecule has 1 aromatic rings. The summed E-state index contributed by atoms with van der Waals surface area (Å²) in [5.41, 5.74) is -0.258. The topological polar surface area (TPSA) is 88.5 Å². The standard InChI is InChI=1S/C14H17F3N2O4/c1-8(2)6-10(13(21)22)19-11(20)9-4-3-5-18-12(9)23-7-14(15,16)17/h3-5,8,10H,6-7H2,1-2H3,(H,19,20)(H,21,22)/t10-/m1/s1. The molecule has 0 spiro atoms. The third kappa shape index (κ3) is 6.54. The van der Waals surface area contributed by atoms with Crippen molar-refractivity contribution in [2.75, 3.05) is 6.61 Å². The van der Waals surface area contributed by atoms with Gasteiger partial charge in [-0.3, -0.25) is 4.79 Å². The van der Waals surface area contributed by atoms with Gasteiger partial charge in [-0.05, 0) is 24.5 Å². The van der Waals surface area contributed by atoms with Crippen LogP contribution in [0.4, 0.5) is 13.2 Å². The van der Waals surface area contributed by atoms with Gasteiger partial charge in [-0.15, -0.1) is 0 Å². The predicted molar refractivity (Wildman–Crippen MR) is 74.1 cm³/mol. The number of carbonyl (C=O) groups is 2. The number of halogens is 3. The van der Waals surface area contributed by atoms with Gasteiger partial charge in [0.25, 0.3) is 5.91 Å². The molecule has 9 heteroatoms. The van der Waals surface area contributed by atoms with Crippen molar-refractivity contribution in [1.29, 1.82) is 0 Å². The van der Waals surface area contributed by atoms with Gasteiger partial charge in [0.2, 0.25) is 5.88 Å². The predicted octanol–water partition coefficient (Wildman–Crippen LogP) is 2.25. The fourth-order valence-electron chi connectivity index (χ4n) is 1.76. The highest BCUT2D eigenvalue weighted by Gasteiger charge is 2.30. The van der Waals surface area contributed by atoms with Crippen molar-refractivity contribution in [1.82, 2.24) is 10.3 Å². The molecule has 0 saturated carbocycles. The van der Waals surface area contributed by atoms with Crippen molar-refractivity contribution in [2.45, 2.75) is 32.5 Å². The molecule has 6 nitrogen and oxygen atoms in total. The molecule has 1 heterocycles. The minimum Gasteiger partial charge on any atom is -0.480 e. The van der Waals surface area contributed by atoms with Crippen LogP contribution in [-0.2, 0) is 4.79 Å². The van der Waals surface area contributed by atoms with E-state index in [0.717, 1.165) is 0 Å². The van der Waals surface area contributed by atoms with E-state index in [1.165, 1.54) is 18.3 Å². The molecule has 2 N–H and O–H groups in total. The van der Waals surface area contributed by atoms with Gasteiger partial charge >= 0.3 is 12.1 Å². The molecule has 0 aliphatic rings. The highest BCUT2D eigenvalue weighted by atomic mass is 19.4. The van der Waals surface area contributed by atoms with Crippen LogP contribution >= 0.6 is 0 Å². The third-order valence-corrected chi connectivity index (χ3v) is 2.70. The largest absolute Gasteiger partial charge is 0.480 e. The van der Waals surface area contributed by atoms with Gasteiger partial charge in [-0.25, -0.2) is 9.78 Å². The summed E-state index contributed by atoms with van der Waals surface area (Å²) in [5.74, 6) is -2.58. The van der Waals surface area contributed by atoms with Crippen LogP contribution in [0.3, 0.4) is 0 Å². The fourth-order valence-corrected chi connectivity index (χ4v) is 1.76. The van der Waals surface area contributed by atoms with Gasteiger partial charge in [-0.2, -0.15) is 13.2 Å². The minimum atomic E-state index is -4.58. The Hall–Kier alpha value is -2.32. The van der Waals surface area contributed by atoms with Crippen LogP contribution in [-0.4, -0.2) is 40.8 Å². The highest BCUT2D eigenvalue weighted by molar-refractivity contribution is 5.98. The Morgan fingerprint density at radius 2 is 2.04 bits per heavy atom. The molecule has 0 unspecified atom stereocenters. The molecule has 0 fully saturated rings. The minimum absolute atomic E-state index is 0.00579. The summed E-state index contributed by atoms with van der Waals surface area (Å²) in [5, 5.41) is 11.3. The number of ether oxygens (including phenoxy) is 1. The second kappa shape index (κ2) is 7.80.